The van der Waals surface area contributed by atoms with Crippen molar-refractivity contribution in [2.75, 3.05) is 24.9 Å². The Balaban J connectivity index is 1.97. The highest BCUT2D eigenvalue weighted by atomic mass is 35.5. The lowest BCUT2D eigenvalue weighted by atomic mass is 9.84. The van der Waals surface area contributed by atoms with Crippen molar-refractivity contribution in [2.45, 2.75) is 12.3 Å². The number of methoxy groups -OCH3 is 2. The van der Waals surface area contributed by atoms with E-state index in [4.69, 9.17) is 16.3 Å². The lowest BCUT2D eigenvalue weighted by Crippen LogP contribution is -2.24. The van der Waals surface area contributed by atoms with E-state index in [2.05, 4.69) is 15.4 Å². The Morgan fingerprint density at radius 1 is 1.24 bits per heavy atom. The molecule has 1 atom stereocenters. The van der Waals surface area contributed by atoms with Gasteiger partial charge < -0.3 is 14.8 Å². The van der Waals surface area contributed by atoms with Crippen LogP contribution in [0.15, 0.2) is 36.4 Å². The second-order valence-corrected chi connectivity index (χ2v) is 6.02. The zero-order valence-corrected chi connectivity index (χ0v) is 14.5. The normalized spacial score (nSPS) is 15.8. The van der Waals surface area contributed by atoms with Crippen molar-refractivity contribution < 1.29 is 19.1 Å². The van der Waals surface area contributed by atoms with Crippen LogP contribution in [0.2, 0.25) is 5.02 Å². The molecule has 0 aromatic heterocycles. The Morgan fingerprint density at radius 3 is 2.72 bits per heavy atom. The lowest BCUT2D eigenvalue weighted by Gasteiger charge is -2.27. The second-order valence-electron chi connectivity index (χ2n) is 5.62. The SMILES string of the molecule is COC(=O)Nc1ccc2c(c1)NC(=O)CC2c1ccc(OC)c(Cl)c1. The van der Waals surface area contributed by atoms with Gasteiger partial charge in [0.25, 0.3) is 0 Å². The molecule has 6 nitrogen and oxygen atoms in total. The summed E-state index contributed by atoms with van der Waals surface area (Å²) < 4.78 is 9.76. The average Bonchev–Trinajstić information content (AvgIpc) is 2.60. The van der Waals surface area contributed by atoms with Gasteiger partial charge in [-0.3, -0.25) is 10.1 Å². The second kappa shape index (κ2) is 7.03. The van der Waals surface area contributed by atoms with Crippen LogP contribution in [0.1, 0.15) is 23.5 Å². The van der Waals surface area contributed by atoms with Crippen LogP contribution in [0.3, 0.4) is 0 Å². The molecule has 2 aromatic carbocycles. The number of rotatable bonds is 3. The van der Waals surface area contributed by atoms with E-state index in [0.29, 0.717) is 28.6 Å². The number of benzene rings is 2. The highest BCUT2D eigenvalue weighted by Gasteiger charge is 2.27. The number of nitrogens with one attached hydrogen (secondary N) is 2. The molecule has 7 heteroatoms. The van der Waals surface area contributed by atoms with Gasteiger partial charge >= 0.3 is 6.09 Å². The summed E-state index contributed by atoms with van der Waals surface area (Å²) in [7, 11) is 2.85. The van der Waals surface area contributed by atoms with Crippen LogP contribution in [0.4, 0.5) is 16.2 Å². The molecule has 0 bridgehead atoms. The van der Waals surface area contributed by atoms with Crippen LogP contribution in [0, 0.1) is 0 Å². The fraction of sp³-hybridized carbons (Fsp3) is 0.222. The molecular weight excluding hydrogens is 344 g/mol. The van der Waals surface area contributed by atoms with Crippen LogP contribution in [0.25, 0.3) is 0 Å². The van der Waals surface area contributed by atoms with Crippen molar-refractivity contribution in [1.29, 1.82) is 0 Å². The number of hydrogen-bond donors (Lipinski definition) is 2. The van der Waals surface area contributed by atoms with Crippen molar-refractivity contribution in [2.24, 2.45) is 0 Å². The van der Waals surface area contributed by atoms with Gasteiger partial charge in [-0.15, -0.1) is 0 Å². The highest BCUT2D eigenvalue weighted by molar-refractivity contribution is 6.32. The molecule has 3 rings (SSSR count). The van der Waals surface area contributed by atoms with Gasteiger partial charge in [0.2, 0.25) is 5.91 Å². The van der Waals surface area contributed by atoms with Gasteiger partial charge in [0, 0.05) is 23.7 Å². The molecule has 0 saturated heterocycles. The fourth-order valence-corrected chi connectivity index (χ4v) is 3.17. The van der Waals surface area contributed by atoms with E-state index in [9.17, 15) is 9.59 Å². The number of anilines is 2. The minimum absolute atomic E-state index is 0.0975. The van der Waals surface area contributed by atoms with Crippen LogP contribution >= 0.6 is 11.6 Å². The summed E-state index contributed by atoms with van der Waals surface area (Å²) in [5.74, 6) is 0.363. The van der Waals surface area contributed by atoms with Gasteiger partial charge in [0.15, 0.2) is 0 Å². The largest absolute Gasteiger partial charge is 0.495 e. The summed E-state index contributed by atoms with van der Waals surface area (Å²) in [6.07, 6.45) is -0.250. The van der Waals surface area contributed by atoms with Crippen LogP contribution in [-0.2, 0) is 9.53 Å². The number of carbonyl (C=O) groups is 2. The quantitative estimate of drug-likeness (QED) is 0.867. The first-order valence-corrected chi connectivity index (χ1v) is 8.02. The van der Waals surface area contributed by atoms with E-state index < -0.39 is 6.09 Å². The van der Waals surface area contributed by atoms with Crippen molar-refractivity contribution in [3.63, 3.8) is 0 Å². The summed E-state index contributed by atoms with van der Waals surface area (Å²) in [4.78, 5) is 23.5. The molecule has 0 fully saturated rings. The van der Waals surface area contributed by atoms with Gasteiger partial charge in [0.1, 0.15) is 5.75 Å². The molecule has 2 amide bonds. The summed E-state index contributed by atoms with van der Waals surface area (Å²) in [5, 5.41) is 5.92. The number of ether oxygens (including phenoxy) is 2. The van der Waals surface area contributed by atoms with Gasteiger partial charge in [0.05, 0.1) is 19.2 Å². The van der Waals surface area contributed by atoms with E-state index in [1.807, 2.05) is 18.2 Å². The minimum Gasteiger partial charge on any atom is -0.495 e. The smallest absolute Gasteiger partial charge is 0.411 e. The molecule has 0 spiro atoms. The summed E-state index contributed by atoms with van der Waals surface area (Å²) in [6.45, 7) is 0. The van der Waals surface area contributed by atoms with E-state index in [1.54, 1.807) is 25.3 Å². The molecule has 0 aliphatic carbocycles. The van der Waals surface area contributed by atoms with E-state index in [1.165, 1.54) is 7.11 Å². The van der Waals surface area contributed by atoms with Crippen LogP contribution < -0.4 is 15.4 Å². The maximum atomic E-state index is 12.1. The monoisotopic (exact) mass is 360 g/mol. The van der Waals surface area contributed by atoms with Crippen molar-refractivity contribution >= 4 is 35.0 Å². The van der Waals surface area contributed by atoms with Crippen LogP contribution in [0.5, 0.6) is 5.75 Å². The fourth-order valence-electron chi connectivity index (χ4n) is 2.91. The molecule has 1 unspecified atom stereocenters. The number of hydrogen-bond acceptors (Lipinski definition) is 4. The molecule has 1 aliphatic heterocycles. The molecule has 25 heavy (non-hydrogen) atoms. The van der Waals surface area contributed by atoms with Crippen LogP contribution in [-0.4, -0.2) is 26.2 Å². The topological polar surface area (TPSA) is 76.7 Å². The summed E-state index contributed by atoms with van der Waals surface area (Å²) in [5.41, 5.74) is 3.08. The third-order valence-electron chi connectivity index (χ3n) is 4.10. The predicted octanol–water partition coefficient (Wildman–Crippen LogP) is 4.00. The molecular formula is C18H17ClN2O4. The Hall–Kier alpha value is -2.73. The Kier molecular flexibility index (Phi) is 4.81. The predicted molar refractivity (Wildman–Crippen MR) is 95.6 cm³/mol. The third-order valence-corrected chi connectivity index (χ3v) is 4.40. The van der Waals surface area contributed by atoms with Gasteiger partial charge in [-0.05, 0) is 35.4 Å². The number of amides is 2. The molecule has 2 N–H and O–H groups in total. The average molecular weight is 361 g/mol. The molecule has 0 radical (unpaired) electrons. The van der Waals surface area contributed by atoms with E-state index >= 15 is 0 Å². The van der Waals surface area contributed by atoms with E-state index in [0.717, 1.165) is 11.1 Å². The minimum atomic E-state index is -0.569. The Morgan fingerprint density at radius 2 is 2.04 bits per heavy atom. The van der Waals surface area contributed by atoms with Crippen molar-refractivity contribution in [3.8, 4) is 5.75 Å². The number of fused-ring (bicyclic) bond motifs is 1. The summed E-state index contributed by atoms with van der Waals surface area (Å²) in [6, 6.07) is 10.9. The molecule has 2 aromatic rings. The van der Waals surface area contributed by atoms with Gasteiger partial charge in [-0.2, -0.15) is 0 Å². The zero-order chi connectivity index (χ0) is 18.0. The standard InChI is InChI=1S/C18H17ClN2O4/c1-24-16-6-3-10(7-14(16)19)13-9-17(22)21-15-8-11(4-5-12(13)15)20-18(23)25-2/h3-8,13H,9H2,1-2H3,(H,20,23)(H,21,22). The first kappa shape index (κ1) is 17.1. The number of carbonyl (C=O) groups excluding carboxylic acids is 2. The number of halogens is 1. The highest BCUT2D eigenvalue weighted by Crippen LogP contribution is 2.40. The zero-order valence-electron chi connectivity index (χ0n) is 13.8. The third kappa shape index (κ3) is 3.53. The lowest BCUT2D eigenvalue weighted by molar-refractivity contribution is -0.116. The first-order chi connectivity index (χ1) is 12.0. The Labute approximate surface area is 150 Å². The maximum absolute atomic E-state index is 12.1. The Bertz CT molecular complexity index is 838. The molecule has 1 heterocycles. The summed E-state index contributed by atoms with van der Waals surface area (Å²) >= 11 is 6.22. The maximum Gasteiger partial charge on any atom is 0.411 e. The molecule has 0 saturated carbocycles. The van der Waals surface area contributed by atoms with Gasteiger partial charge in [-0.25, -0.2) is 4.79 Å². The van der Waals surface area contributed by atoms with E-state index in [-0.39, 0.29) is 11.8 Å². The van der Waals surface area contributed by atoms with Crippen molar-refractivity contribution in [3.05, 3.63) is 52.5 Å². The van der Waals surface area contributed by atoms with Crippen molar-refractivity contribution in [1.82, 2.24) is 0 Å². The van der Waals surface area contributed by atoms with Gasteiger partial charge in [-0.1, -0.05) is 23.7 Å². The molecule has 1 aliphatic rings. The molecule has 130 valence electrons. The first-order valence-electron chi connectivity index (χ1n) is 7.64.